The normalized spacial score (nSPS) is 11.2. The maximum Gasteiger partial charge on any atom is 0.229 e. The molecule has 0 atom stereocenters. The first-order valence-electron chi connectivity index (χ1n) is 6.79. The molecule has 0 aromatic heterocycles. The number of hydrogen-bond donors (Lipinski definition) is 2. The van der Waals surface area contributed by atoms with Crippen LogP contribution in [0.1, 0.15) is 20.8 Å². The Morgan fingerprint density at radius 1 is 0.952 bits per heavy atom. The molecule has 2 aromatic carbocycles. The van der Waals surface area contributed by atoms with Crippen LogP contribution in [-0.2, 0) is 4.79 Å². The van der Waals surface area contributed by atoms with Gasteiger partial charge in [-0.25, -0.2) is 0 Å². The molecule has 3 nitrogen and oxygen atoms in total. The van der Waals surface area contributed by atoms with Crippen LogP contribution in [0.3, 0.4) is 0 Å². The molecule has 0 saturated heterocycles. The number of nitrogen functional groups attached to an aromatic ring is 1. The molecule has 1 amide bonds. The number of rotatable bonds is 3. The monoisotopic (exact) mass is 300 g/mol. The summed E-state index contributed by atoms with van der Waals surface area (Å²) in [6.07, 6.45) is 0. The molecular weight excluding hydrogens is 280 g/mol. The summed E-state index contributed by atoms with van der Waals surface area (Å²) in [5.74, 6) is 0.0152. The summed E-state index contributed by atoms with van der Waals surface area (Å²) in [5, 5.41) is 2.92. The van der Waals surface area contributed by atoms with Gasteiger partial charge in [0.15, 0.2) is 0 Å². The molecule has 0 aliphatic heterocycles. The molecule has 0 aliphatic rings. The number of amides is 1. The van der Waals surface area contributed by atoms with Gasteiger partial charge in [0.25, 0.3) is 0 Å². The van der Waals surface area contributed by atoms with Crippen LogP contribution >= 0.6 is 11.8 Å². The maximum atomic E-state index is 11.9. The fraction of sp³-hybridized carbons (Fsp3) is 0.235. The third kappa shape index (κ3) is 4.53. The van der Waals surface area contributed by atoms with Crippen LogP contribution in [-0.4, -0.2) is 5.91 Å². The number of anilines is 2. The summed E-state index contributed by atoms with van der Waals surface area (Å²) in [6, 6.07) is 15.6. The summed E-state index contributed by atoms with van der Waals surface area (Å²) in [5.41, 5.74) is 6.86. The van der Waals surface area contributed by atoms with E-state index in [2.05, 4.69) is 5.32 Å². The Morgan fingerprint density at radius 2 is 1.43 bits per heavy atom. The minimum atomic E-state index is -0.391. The Kier molecular flexibility index (Phi) is 4.58. The van der Waals surface area contributed by atoms with Crippen LogP contribution in [0.2, 0.25) is 0 Å². The van der Waals surface area contributed by atoms with E-state index in [-0.39, 0.29) is 5.91 Å². The van der Waals surface area contributed by atoms with E-state index in [4.69, 9.17) is 5.73 Å². The second-order valence-electron chi connectivity index (χ2n) is 5.90. The minimum absolute atomic E-state index is 0.0152. The van der Waals surface area contributed by atoms with E-state index in [0.717, 1.165) is 21.2 Å². The largest absolute Gasteiger partial charge is 0.399 e. The van der Waals surface area contributed by atoms with Crippen molar-refractivity contribution in [2.75, 3.05) is 11.1 Å². The number of nitrogens with two attached hydrogens (primary N) is 1. The number of carbonyl (C=O) groups is 1. The van der Waals surface area contributed by atoms with Crippen molar-refractivity contribution >= 4 is 29.0 Å². The number of benzene rings is 2. The van der Waals surface area contributed by atoms with Gasteiger partial charge in [0.2, 0.25) is 5.91 Å². The van der Waals surface area contributed by atoms with Gasteiger partial charge in [-0.2, -0.15) is 0 Å². The van der Waals surface area contributed by atoms with E-state index >= 15 is 0 Å². The summed E-state index contributed by atoms with van der Waals surface area (Å²) in [6.45, 7) is 5.69. The van der Waals surface area contributed by atoms with Crippen LogP contribution in [0.15, 0.2) is 58.3 Å². The molecule has 3 N–H and O–H groups in total. The van der Waals surface area contributed by atoms with Crippen molar-refractivity contribution in [2.24, 2.45) is 5.41 Å². The lowest BCUT2D eigenvalue weighted by molar-refractivity contribution is -0.123. The molecule has 0 radical (unpaired) electrons. The Balaban J connectivity index is 2.02. The first-order chi connectivity index (χ1) is 9.84. The van der Waals surface area contributed by atoms with Crippen molar-refractivity contribution in [3.8, 4) is 0 Å². The highest BCUT2D eigenvalue weighted by Crippen LogP contribution is 2.29. The Hall–Kier alpha value is -1.94. The zero-order chi connectivity index (χ0) is 15.5. The molecular formula is C17H20N2OS. The van der Waals surface area contributed by atoms with Gasteiger partial charge in [0, 0.05) is 26.6 Å². The van der Waals surface area contributed by atoms with Crippen LogP contribution in [0.5, 0.6) is 0 Å². The van der Waals surface area contributed by atoms with E-state index in [0.29, 0.717) is 0 Å². The van der Waals surface area contributed by atoms with Gasteiger partial charge >= 0.3 is 0 Å². The quantitative estimate of drug-likeness (QED) is 0.826. The van der Waals surface area contributed by atoms with Gasteiger partial charge in [-0.05, 0) is 48.5 Å². The van der Waals surface area contributed by atoms with Gasteiger partial charge in [0.05, 0.1) is 0 Å². The lowest BCUT2D eigenvalue weighted by atomic mass is 9.95. The lowest BCUT2D eigenvalue weighted by Crippen LogP contribution is -2.27. The molecule has 0 heterocycles. The zero-order valence-electron chi connectivity index (χ0n) is 12.5. The first kappa shape index (κ1) is 15.4. The van der Waals surface area contributed by atoms with E-state index in [1.807, 2.05) is 69.3 Å². The maximum absolute atomic E-state index is 11.9. The number of hydrogen-bond acceptors (Lipinski definition) is 3. The molecule has 0 spiro atoms. The average molecular weight is 300 g/mol. The average Bonchev–Trinajstić information content (AvgIpc) is 2.42. The molecule has 4 heteroatoms. The molecule has 0 fully saturated rings. The third-order valence-electron chi connectivity index (χ3n) is 2.91. The van der Waals surface area contributed by atoms with E-state index in [1.54, 1.807) is 11.8 Å². The Labute approximate surface area is 129 Å². The molecule has 110 valence electrons. The Morgan fingerprint density at radius 3 is 1.90 bits per heavy atom. The van der Waals surface area contributed by atoms with Crippen molar-refractivity contribution in [2.45, 2.75) is 30.6 Å². The van der Waals surface area contributed by atoms with Crippen molar-refractivity contribution in [1.82, 2.24) is 0 Å². The SMILES string of the molecule is CC(C)(C)C(=O)Nc1ccc(Sc2ccc(N)cc2)cc1. The topological polar surface area (TPSA) is 55.1 Å². The summed E-state index contributed by atoms with van der Waals surface area (Å²) < 4.78 is 0. The fourth-order valence-electron chi connectivity index (χ4n) is 1.60. The Bertz CT molecular complexity index is 613. The fourth-order valence-corrected chi connectivity index (χ4v) is 2.41. The predicted molar refractivity (Wildman–Crippen MR) is 89.5 cm³/mol. The highest BCUT2D eigenvalue weighted by molar-refractivity contribution is 7.99. The highest BCUT2D eigenvalue weighted by atomic mass is 32.2. The molecule has 0 saturated carbocycles. The van der Waals surface area contributed by atoms with Crippen LogP contribution < -0.4 is 11.1 Å². The predicted octanol–water partition coefficient (Wildman–Crippen LogP) is 4.40. The van der Waals surface area contributed by atoms with E-state index < -0.39 is 5.41 Å². The van der Waals surface area contributed by atoms with Gasteiger partial charge < -0.3 is 11.1 Å². The minimum Gasteiger partial charge on any atom is -0.399 e. The van der Waals surface area contributed by atoms with Crippen molar-refractivity contribution in [3.63, 3.8) is 0 Å². The number of carbonyl (C=O) groups excluding carboxylic acids is 1. The molecule has 0 bridgehead atoms. The van der Waals surface area contributed by atoms with Crippen LogP contribution in [0.4, 0.5) is 11.4 Å². The second-order valence-corrected chi connectivity index (χ2v) is 7.05. The van der Waals surface area contributed by atoms with Gasteiger partial charge in [0.1, 0.15) is 0 Å². The van der Waals surface area contributed by atoms with Gasteiger partial charge in [-0.15, -0.1) is 0 Å². The van der Waals surface area contributed by atoms with Crippen molar-refractivity contribution < 1.29 is 4.79 Å². The van der Waals surface area contributed by atoms with Crippen molar-refractivity contribution in [3.05, 3.63) is 48.5 Å². The summed E-state index contributed by atoms with van der Waals surface area (Å²) in [7, 11) is 0. The number of nitrogens with one attached hydrogen (secondary N) is 1. The molecule has 0 unspecified atom stereocenters. The molecule has 2 aromatic rings. The van der Waals surface area contributed by atoms with Crippen molar-refractivity contribution in [1.29, 1.82) is 0 Å². The smallest absolute Gasteiger partial charge is 0.229 e. The van der Waals surface area contributed by atoms with Gasteiger partial charge in [-0.1, -0.05) is 32.5 Å². The molecule has 21 heavy (non-hydrogen) atoms. The summed E-state index contributed by atoms with van der Waals surface area (Å²) >= 11 is 1.66. The zero-order valence-corrected chi connectivity index (χ0v) is 13.3. The standard InChI is InChI=1S/C17H20N2OS/c1-17(2,3)16(20)19-13-6-10-15(11-7-13)21-14-8-4-12(18)5-9-14/h4-11H,18H2,1-3H3,(H,19,20). The lowest BCUT2D eigenvalue weighted by Gasteiger charge is -2.17. The molecule has 0 aliphatic carbocycles. The first-order valence-corrected chi connectivity index (χ1v) is 7.61. The van der Waals surface area contributed by atoms with Crippen LogP contribution in [0.25, 0.3) is 0 Å². The second kappa shape index (κ2) is 6.22. The highest BCUT2D eigenvalue weighted by Gasteiger charge is 2.20. The van der Waals surface area contributed by atoms with Gasteiger partial charge in [-0.3, -0.25) is 4.79 Å². The van der Waals surface area contributed by atoms with E-state index in [9.17, 15) is 4.79 Å². The molecule has 2 rings (SSSR count). The summed E-state index contributed by atoms with van der Waals surface area (Å²) in [4.78, 5) is 14.2. The van der Waals surface area contributed by atoms with Crippen LogP contribution in [0, 0.1) is 5.41 Å². The van der Waals surface area contributed by atoms with E-state index in [1.165, 1.54) is 0 Å². The third-order valence-corrected chi connectivity index (χ3v) is 3.92.